The van der Waals surface area contributed by atoms with Crippen LogP contribution in [0.3, 0.4) is 0 Å². The van der Waals surface area contributed by atoms with Crippen molar-refractivity contribution in [1.29, 1.82) is 0 Å². The summed E-state index contributed by atoms with van der Waals surface area (Å²) in [5.74, 6) is 0.0613. The molecule has 5 rings (SSSR count). The van der Waals surface area contributed by atoms with Crippen LogP contribution in [0.4, 0.5) is 11.8 Å². The third kappa shape index (κ3) is 10.8. The molecule has 2 fully saturated rings. The number of aromatic nitrogens is 5. The number of nitrogens with one attached hydrogen (secondary N) is 4. The molecule has 14 heteroatoms. The molecule has 1 amide bonds. The second-order valence-corrected chi connectivity index (χ2v) is 13.1. The Kier molecular flexibility index (Phi) is 13.7. The van der Waals surface area contributed by atoms with Crippen LogP contribution in [0, 0.1) is 5.92 Å². The van der Waals surface area contributed by atoms with E-state index in [1.807, 2.05) is 35.1 Å². The van der Waals surface area contributed by atoms with Crippen LogP contribution >= 0.6 is 0 Å². The molecule has 14 nitrogen and oxygen atoms in total. The molecule has 0 spiro atoms. The Morgan fingerprint density at radius 2 is 1.81 bits per heavy atom. The topological polar surface area (TPSA) is 188 Å². The molecule has 1 unspecified atom stereocenters. The Balaban J connectivity index is 1.07. The maximum Gasteiger partial charge on any atom is 0.320 e. The number of rotatable bonds is 19. The number of carbonyl (C=O) groups excluding carboxylic acids is 1. The van der Waals surface area contributed by atoms with E-state index >= 15 is 0 Å². The summed E-state index contributed by atoms with van der Waals surface area (Å²) >= 11 is 0. The quantitative estimate of drug-likeness (QED) is 0.103. The fourth-order valence-corrected chi connectivity index (χ4v) is 6.58. The van der Waals surface area contributed by atoms with E-state index in [1.54, 1.807) is 0 Å². The highest BCUT2D eigenvalue weighted by Crippen LogP contribution is 2.29. The molecule has 2 aromatic heterocycles. The van der Waals surface area contributed by atoms with E-state index in [0.29, 0.717) is 38.4 Å². The zero-order valence-electron chi connectivity index (χ0n) is 28.1. The van der Waals surface area contributed by atoms with E-state index in [1.165, 1.54) is 32.1 Å². The van der Waals surface area contributed by atoms with Crippen LogP contribution in [0.25, 0.3) is 10.9 Å². The Labute approximate surface area is 283 Å². The van der Waals surface area contributed by atoms with E-state index in [9.17, 15) is 9.59 Å². The third-order valence-corrected chi connectivity index (χ3v) is 9.31. The summed E-state index contributed by atoms with van der Waals surface area (Å²) in [7, 11) is 0. The van der Waals surface area contributed by atoms with Crippen LogP contribution < -0.4 is 31.9 Å². The molecule has 0 bridgehead atoms. The van der Waals surface area contributed by atoms with Gasteiger partial charge in [-0.3, -0.25) is 14.3 Å². The van der Waals surface area contributed by atoms with Crippen LogP contribution in [-0.4, -0.2) is 93.3 Å². The molecular formula is C34H53N11O3. The Morgan fingerprint density at radius 3 is 2.67 bits per heavy atom. The first kappa shape index (κ1) is 35.4. The van der Waals surface area contributed by atoms with E-state index in [0.717, 1.165) is 86.9 Å². The van der Waals surface area contributed by atoms with E-state index in [4.69, 9.17) is 20.8 Å². The van der Waals surface area contributed by atoms with Gasteiger partial charge in [0, 0.05) is 37.6 Å². The van der Waals surface area contributed by atoms with Gasteiger partial charge in [-0.05, 0) is 83.1 Å². The van der Waals surface area contributed by atoms with Gasteiger partial charge in [0.2, 0.25) is 11.9 Å². The van der Waals surface area contributed by atoms with Crippen molar-refractivity contribution in [3.8, 4) is 0 Å². The van der Waals surface area contributed by atoms with Crippen LogP contribution in [0.2, 0.25) is 0 Å². The number of carboxylic acids is 1. The smallest absolute Gasteiger partial charge is 0.320 e. The molecule has 3 aromatic rings. The normalized spacial score (nSPS) is 17.8. The summed E-state index contributed by atoms with van der Waals surface area (Å²) in [6.07, 6.45) is 13.4. The van der Waals surface area contributed by atoms with Crippen molar-refractivity contribution in [3.05, 3.63) is 36.2 Å². The highest BCUT2D eigenvalue weighted by molar-refractivity contribution is 5.91. The van der Waals surface area contributed by atoms with Crippen molar-refractivity contribution >= 4 is 34.5 Å². The number of para-hydroxylation sites is 1. The third-order valence-electron chi connectivity index (χ3n) is 9.31. The largest absolute Gasteiger partial charge is 0.480 e. The number of piperidine rings is 1. The highest BCUT2D eigenvalue weighted by atomic mass is 16.4. The predicted octanol–water partition coefficient (Wildman–Crippen LogP) is 2.65. The lowest BCUT2D eigenvalue weighted by molar-refractivity contribution is -0.138. The second kappa shape index (κ2) is 18.6. The molecular weight excluding hydrogens is 610 g/mol. The number of nitrogens with zero attached hydrogens (tertiary/aromatic N) is 6. The molecule has 0 radical (unpaired) electrons. The van der Waals surface area contributed by atoms with E-state index in [-0.39, 0.29) is 11.8 Å². The monoisotopic (exact) mass is 663 g/mol. The van der Waals surface area contributed by atoms with Gasteiger partial charge in [-0.1, -0.05) is 36.6 Å². The summed E-state index contributed by atoms with van der Waals surface area (Å²) in [5.41, 5.74) is 7.22. The number of carbonyl (C=O) groups is 2. The molecule has 1 aliphatic heterocycles. The number of carboxylic acid groups (broad SMARTS) is 1. The van der Waals surface area contributed by atoms with Crippen molar-refractivity contribution in [2.45, 2.75) is 95.8 Å². The summed E-state index contributed by atoms with van der Waals surface area (Å²) in [4.78, 5) is 35.7. The standard InChI is InChI=1S/C34H53N11O3/c35-29(33(47)48)14-6-18-38-32(46)25-10-7-20-44(23-25)31-28-13-4-5-15-30(28)40-34(41-31)39-22-27-24-45(43-42-27)21-9-17-36-16-8-19-37-26-11-2-1-3-12-26/h4-5,13,15,24-26,29,36-37H,1-3,6-12,14,16-23,35H2,(H,38,46)(H,47,48)(H,39,40,41)/t25?,29-/m0/s1. The minimum atomic E-state index is -1.02. The van der Waals surface area contributed by atoms with Crippen LogP contribution in [-0.2, 0) is 22.7 Å². The summed E-state index contributed by atoms with van der Waals surface area (Å²) in [5, 5.41) is 32.1. The Hall–Kier alpha value is -3.88. The lowest BCUT2D eigenvalue weighted by atomic mass is 9.95. The number of benzene rings is 1. The molecule has 2 atom stereocenters. The summed E-state index contributed by atoms with van der Waals surface area (Å²) in [6, 6.07) is 7.73. The molecule has 1 aromatic carbocycles. The average molecular weight is 664 g/mol. The SMILES string of the molecule is N[C@@H](CCCNC(=O)C1CCCN(c2nc(NCc3cn(CCCNCCCNC4CCCCC4)nn3)nc3ccccc23)C1)C(=O)O. The van der Waals surface area contributed by atoms with Crippen LogP contribution in [0.1, 0.15) is 76.3 Å². The van der Waals surface area contributed by atoms with Gasteiger partial charge in [0.05, 0.1) is 24.2 Å². The van der Waals surface area contributed by atoms with Gasteiger partial charge in [0.15, 0.2) is 0 Å². The number of hydrogen-bond acceptors (Lipinski definition) is 11. The van der Waals surface area contributed by atoms with Crippen molar-refractivity contribution in [2.75, 3.05) is 49.5 Å². The first-order chi connectivity index (χ1) is 23.5. The summed E-state index contributed by atoms with van der Waals surface area (Å²) < 4.78 is 1.88. The number of hydrogen-bond donors (Lipinski definition) is 6. The Morgan fingerprint density at radius 1 is 0.979 bits per heavy atom. The number of fused-ring (bicyclic) bond motifs is 1. The maximum atomic E-state index is 13.0. The first-order valence-electron chi connectivity index (χ1n) is 17.8. The molecule has 48 heavy (non-hydrogen) atoms. The number of aryl methyl sites for hydroxylation is 1. The first-order valence-corrected chi connectivity index (χ1v) is 17.8. The minimum Gasteiger partial charge on any atom is -0.480 e. The molecule has 1 aliphatic carbocycles. The average Bonchev–Trinajstić information content (AvgIpc) is 3.57. The van der Waals surface area contributed by atoms with Gasteiger partial charge in [-0.25, -0.2) is 4.98 Å². The predicted molar refractivity (Wildman–Crippen MR) is 187 cm³/mol. The van der Waals surface area contributed by atoms with Gasteiger partial charge < -0.3 is 37.0 Å². The van der Waals surface area contributed by atoms with Crippen molar-refractivity contribution in [3.63, 3.8) is 0 Å². The number of anilines is 2. The number of amides is 1. The number of aliphatic carboxylic acids is 1. The molecule has 1 saturated heterocycles. The van der Waals surface area contributed by atoms with E-state index in [2.05, 4.69) is 36.5 Å². The van der Waals surface area contributed by atoms with Gasteiger partial charge >= 0.3 is 5.97 Å². The summed E-state index contributed by atoms with van der Waals surface area (Å²) in [6.45, 7) is 6.05. The zero-order chi connectivity index (χ0) is 33.6. The van der Waals surface area contributed by atoms with Crippen LogP contribution in [0.15, 0.2) is 30.5 Å². The van der Waals surface area contributed by atoms with Crippen molar-refractivity contribution in [1.82, 2.24) is 40.9 Å². The molecule has 262 valence electrons. The Bertz CT molecular complexity index is 1440. The van der Waals surface area contributed by atoms with Gasteiger partial charge in [-0.15, -0.1) is 5.10 Å². The fraction of sp³-hybridized carbons (Fsp3) is 0.647. The minimum absolute atomic E-state index is 0.0265. The van der Waals surface area contributed by atoms with Gasteiger partial charge in [0.25, 0.3) is 0 Å². The lowest BCUT2D eigenvalue weighted by Gasteiger charge is -2.33. The van der Waals surface area contributed by atoms with Gasteiger partial charge in [-0.2, -0.15) is 4.98 Å². The van der Waals surface area contributed by atoms with Gasteiger partial charge in [0.1, 0.15) is 17.6 Å². The van der Waals surface area contributed by atoms with Crippen LogP contribution in [0.5, 0.6) is 0 Å². The highest BCUT2D eigenvalue weighted by Gasteiger charge is 2.28. The fourth-order valence-electron chi connectivity index (χ4n) is 6.58. The maximum absolute atomic E-state index is 13.0. The second-order valence-electron chi connectivity index (χ2n) is 13.1. The molecule has 7 N–H and O–H groups in total. The van der Waals surface area contributed by atoms with E-state index < -0.39 is 12.0 Å². The molecule has 2 aliphatic rings. The molecule has 3 heterocycles. The zero-order valence-corrected chi connectivity index (χ0v) is 28.1. The van der Waals surface area contributed by atoms with Crippen molar-refractivity contribution in [2.24, 2.45) is 11.7 Å². The number of nitrogens with two attached hydrogens (primary N) is 1. The van der Waals surface area contributed by atoms with Crippen molar-refractivity contribution < 1.29 is 14.7 Å². The lowest BCUT2D eigenvalue weighted by Crippen LogP contribution is -2.44. The molecule has 1 saturated carbocycles.